The molecule has 4 aromatic rings. The number of benzene rings is 2. The van der Waals surface area contributed by atoms with E-state index in [-0.39, 0.29) is 5.56 Å². The fourth-order valence-electron chi connectivity index (χ4n) is 4.31. The Morgan fingerprint density at radius 3 is 2.73 bits per heavy atom. The van der Waals surface area contributed by atoms with Crippen LogP contribution in [0.5, 0.6) is 0 Å². The minimum absolute atomic E-state index is 0.239. The number of nitrogens with zero attached hydrogens (tertiary/aromatic N) is 4. The number of likely N-dealkylation sites (tertiary alicyclic amines) is 1. The number of nitrogens with one attached hydrogen (secondary N) is 2. The largest absolute Gasteiger partial charge is 0.338 e. The fourth-order valence-corrected chi connectivity index (χ4v) is 4.31. The highest BCUT2D eigenvalue weighted by molar-refractivity contribution is 5.94. The summed E-state index contributed by atoms with van der Waals surface area (Å²) in [6, 6.07) is 8.44. The normalized spacial score (nSPS) is 14.5. The molecule has 1 fully saturated rings. The second-order valence-corrected chi connectivity index (χ2v) is 8.30. The van der Waals surface area contributed by atoms with Gasteiger partial charge in [-0.3, -0.25) is 15.0 Å². The lowest BCUT2D eigenvalue weighted by molar-refractivity contribution is 0.220. The van der Waals surface area contributed by atoms with Gasteiger partial charge in [-0.05, 0) is 61.3 Å². The van der Waals surface area contributed by atoms with Gasteiger partial charge in [0.05, 0.1) is 17.4 Å². The van der Waals surface area contributed by atoms with Gasteiger partial charge in [-0.2, -0.15) is 5.10 Å². The van der Waals surface area contributed by atoms with Crippen LogP contribution in [0.4, 0.5) is 14.6 Å². The fraction of sp³-hybridized carbons (Fsp3) is 0.240. The molecule has 3 heterocycles. The van der Waals surface area contributed by atoms with Gasteiger partial charge in [-0.25, -0.2) is 13.8 Å². The average Bonchev–Trinajstić information content (AvgIpc) is 3.26. The average molecular weight is 447 g/mol. The number of aromatic amines is 1. The number of anilines is 1. The Labute approximate surface area is 190 Å². The van der Waals surface area contributed by atoms with Gasteiger partial charge in [0, 0.05) is 29.9 Å². The van der Waals surface area contributed by atoms with Crippen molar-refractivity contribution in [3.05, 3.63) is 78.4 Å². The van der Waals surface area contributed by atoms with Gasteiger partial charge >= 0.3 is 0 Å². The van der Waals surface area contributed by atoms with E-state index in [2.05, 4.69) is 37.0 Å². The monoisotopic (exact) mass is 446 g/mol. The van der Waals surface area contributed by atoms with Crippen molar-refractivity contribution >= 4 is 22.4 Å². The SMILES string of the molecule is C=C(Nc1cnccn1)c1n[nH]c2ccc(-c3cc(CN4CCCCC4)cc(F)c3F)cc12. The first-order chi connectivity index (χ1) is 16.1. The summed E-state index contributed by atoms with van der Waals surface area (Å²) < 4.78 is 29.4. The predicted octanol–water partition coefficient (Wildman–Crippen LogP) is 5.37. The van der Waals surface area contributed by atoms with Crippen LogP contribution in [0.15, 0.2) is 55.5 Å². The van der Waals surface area contributed by atoms with E-state index in [4.69, 9.17) is 0 Å². The molecule has 8 heteroatoms. The number of H-pyrrole nitrogens is 1. The van der Waals surface area contributed by atoms with Crippen molar-refractivity contribution < 1.29 is 8.78 Å². The molecule has 6 nitrogen and oxygen atoms in total. The molecule has 0 spiro atoms. The van der Waals surface area contributed by atoms with Crippen molar-refractivity contribution in [2.24, 2.45) is 0 Å². The number of aromatic nitrogens is 4. The number of halogens is 2. The summed E-state index contributed by atoms with van der Waals surface area (Å²) in [5, 5.41) is 11.1. The first-order valence-electron chi connectivity index (χ1n) is 11.0. The van der Waals surface area contributed by atoms with E-state index in [1.807, 2.05) is 6.07 Å². The first-order valence-corrected chi connectivity index (χ1v) is 11.0. The summed E-state index contributed by atoms with van der Waals surface area (Å²) in [4.78, 5) is 10.5. The van der Waals surface area contributed by atoms with Gasteiger partial charge in [0.15, 0.2) is 11.6 Å². The summed E-state index contributed by atoms with van der Waals surface area (Å²) in [5.74, 6) is -1.15. The molecule has 0 aliphatic carbocycles. The van der Waals surface area contributed by atoms with Crippen molar-refractivity contribution in [1.29, 1.82) is 0 Å². The summed E-state index contributed by atoms with van der Waals surface area (Å²) in [7, 11) is 0. The molecular formula is C25H24F2N6. The smallest absolute Gasteiger partial charge is 0.166 e. The van der Waals surface area contributed by atoms with Crippen molar-refractivity contribution in [2.45, 2.75) is 25.8 Å². The highest BCUT2D eigenvalue weighted by Gasteiger charge is 2.18. The Hall–Kier alpha value is -3.65. The molecule has 0 radical (unpaired) electrons. The van der Waals surface area contributed by atoms with E-state index in [1.54, 1.807) is 36.8 Å². The zero-order valence-corrected chi connectivity index (χ0v) is 18.1. The summed E-state index contributed by atoms with van der Waals surface area (Å²) >= 11 is 0. The highest BCUT2D eigenvalue weighted by Crippen LogP contribution is 2.31. The van der Waals surface area contributed by atoms with E-state index in [0.717, 1.165) is 42.4 Å². The topological polar surface area (TPSA) is 69.7 Å². The van der Waals surface area contributed by atoms with E-state index in [1.165, 1.54) is 12.5 Å². The lowest BCUT2D eigenvalue weighted by Gasteiger charge is -2.26. The Balaban J connectivity index is 1.48. The van der Waals surface area contributed by atoms with E-state index < -0.39 is 11.6 Å². The van der Waals surface area contributed by atoms with Crippen LogP contribution in [-0.4, -0.2) is 38.2 Å². The lowest BCUT2D eigenvalue weighted by Crippen LogP contribution is -2.29. The van der Waals surface area contributed by atoms with Crippen molar-refractivity contribution in [2.75, 3.05) is 18.4 Å². The van der Waals surface area contributed by atoms with Gasteiger partial charge < -0.3 is 5.32 Å². The van der Waals surface area contributed by atoms with Gasteiger partial charge in [0.25, 0.3) is 0 Å². The van der Waals surface area contributed by atoms with Gasteiger partial charge in [0.2, 0.25) is 0 Å². The number of hydrogen-bond acceptors (Lipinski definition) is 5. The van der Waals surface area contributed by atoms with Crippen molar-refractivity contribution in [1.82, 2.24) is 25.1 Å². The van der Waals surface area contributed by atoms with E-state index in [0.29, 0.717) is 29.3 Å². The molecular weight excluding hydrogens is 422 g/mol. The Morgan fingerprint density at radius 2 is 1.94 bits per heavy atom. The van der Waals surface area contributed by atoms with Crippen LogP contribution in [0, 0.1) is 11.6 Å². The third-order valence-corrected chi connectivity index (χ3v) is 5.94. The van der Waals surface area contributed by atoms with Crippen LogP contribution in [0.1, 0.15) is 30.5 Å². The maximum absolute atomic E-state index is 14.9. The van der Waals surface area contributed by atoms with Crippen LogP contribution in [0.25, 0.3) is 27.7 Å². The molecule has 1 aliphatic heterocycles. The molecule has 33 heavy (non-hydrogen) atoms. The molecule has 2 N–H and O–H groups in total. The molecule has 1 saturated heterocycles. The third kappa shape index (κ3) is 4.47. The minimum atomic E-state index is -0.849. The van der Waals surface area contributed by atoms with Crippen LogP contribution < -0.4 is 5.32 Å². The zero-order chi connectivity index (χ0) is 22.8. The molecule has 0 amide bonds. The Morgan fingerprint density at radius 1 is 1.09 bits per heavy atom. The van der Waals surface area contributed by atoms with Gasteiger partial charge in [0.1, 0.15) is 11.5 Å². The maximum Gasteiger partial charge on any atom is 0.166 e. The molecule has 0 atom stereocenters. The molecule has 0 saturated carbocycles. The van der Waals surface area contributed by atoms with Crippen molar-refractivity contribution in [3.8, 4) is 11.1 Å². The first kappa shape index (κ1) is 21.2. The zero-order valence-electron chi connectivity index (χ0n) is 18.1. The van der Waals surface area contributed by atoms with Crippen molar-refractivity contribution in [3.63, 3.8) is 0 Å². The van der Waals surface area contributed by atoms with Crippen LogP contribution in [0.2, 0.25) is 0 Å². The van der Waals surface area contributed by atoms with E-state index >= 15 is 0 Å². The van der Waals surface area contributed by atoms with Crippen LogP contribution >= 0.6 is 0 Å². The molecule has 2 aromatic heterocycles. The Kier molecular flexibility index (Phi) is 5.83. The number of rotatable bonds is 6. The minimum Gasteiger partial charge on any atom is -0.338 e. The lowest BCUT2D eigenvalue weighted by atomic mass is 9.99. The number of hydrogen-bond donors (Lipinski definition) is 2. The van der Waals surface area contributed by atoms with Crippen LogP contribution in [-0.2, 0) is 6.54 Å². The summed E-state index contributed by atoms with van der Waals surface area (Å²) in [6.45, 7) is 6.64. The molecule has 5 rings (SSSR count). The standard InChI is InChI=1S/C25H24F2N6/c1-16(30-23-14-28-7-8-29-23)25-20-13-18(5-6-22(20)31-32-25)19-11-17(12-21(26)24(19)27)15-33-9-3-2-4-10-33/h5-8,11-14H,1-4,9-10,15H2,(H,29,30)(H,31,32). The maximum atomic E-state index is 14.9. The summed E-state index contributed by atoms with van der Waals surface area (Å²) in [5.41, 5.74) is 3.44. The Bertz CT molecular complexity index is 1300. The van der Waals surface area contributed by atoms with Gasteiger partial charge in [-0.15, -0.1) is 0 Å². The van der Waals surface area contributed by atoms with Crippen LogP contribution in [0.3, 0.4) is 0 Å². The molecule has 2 aromatic carbocycles. The second-order valence-electron chi connectivity index (χ2n) is 8.30. The number of piperidine rings is 1. The molecule has 168 valence electrons. The predicted molar refractivity (Wildman–Crippen MR) is 125 cm³/mol. The second kappa shape index (κ2) is 9.07. The van der Waals surface area contributed by atoms with E-state index in [9.17, 15) is 8.78 Å². The van der Waals surface area contributed by atoms with Gasteiger partial charge in [-0.1, -0.05) is 19.1 Å². The number of fused-ring (bicyclic) bond motifs is 1. The highest BCUT2D eigenvalue weighted by atomic mass is 19.2. The molecule has 0 unspecified atom stereocenters. The molecule has 0 bridgehead atoms. The quantitative estimate of drug-likeness (QED) is 0.417. The molecule has 1 aliphatic rings. The summed E-state index contributed by atoms with van der Waals surface area (Å²) in [6.07, 6.45) is 8.24. The third-order valence-electron chi connectivity index (χ3n) is 5.94.